The fourth-order valence-corrected chi connectivity index (χ4v) is 3.28. The third-order valence-electron chi connectivity index (χ3n) is 4.95. The van der Waals surface area contributed by atoms with Crippen molar-refractivity contribution in [2.45, 2.75) is 56.7 Å². The zero-order chi connectivity index (χ0) is 18.6. The molecule has 0 saturated carbocycles. The average Bonchev–Trinajstić information content (AvgIpc) is 3.31. The largest absolute Gasteiger partial charge is 0.476 e. The van der Waals surface area contributed by atoms with Gasteiger partial charge in [-0.25, -0.2) is 9.48 Å². The third kappa shape index (κ3) is 4.25. The first-order chi connectivity index (χ1) is 12.5. The highest BCUT2D eigenvalue weighted by Gasteiger charge is 2.39. The molecule has 1 fully saturated rings. The van der Waals surface area contributed by atoms with Crippen molar-refractivity contribution in [2.75, 3.05) is 13.1 Å². The van der Waals surface area contributed by atoms with Crippen LogP contribution in [0.1, 0.15) is 61.5 Å². The summed E-state index contributed by atoms with van der Waals surface area (Å²) in [6.45, 7) is 1.32. The molecule has 26 heavy (non-hydrogen) atoms. The number of amides is 1. The van der Waals surface area contributed by atoms with Crippen molar-refractivity contribution in [1.82, 2.24) is 19.9 Å². The van der Waals surface area contributed by atoms with Gasteiger partial charge in [-0.15, -0.1) is 17.4 Å². The standard InChI is InChI=1S/C17H22N6O3/c1-2-3-8-17(19-20-17)9-6-15(24)22-10-4-5-13(7-11-22)23-12-14(16(25)26)18-21-23/h1,12-13H,3-11H2,(H,25,26). The molecule has 0 aliphatic carbocycles. The van der Waals surface area contributed by atoms with Crippen molar-refractivity contribution in [3.63, 3.8) is 0 Å². The van der Waals surface area contributed by atoms with Gasteiger partial charge in [-0.3, -0.25) is 4.79 Å². The van der Waals surface area contributed by atoms with Gasteiger partial charge in [-0.2, -0.15) is 10.2 Å². The number of terminal acetylenes is 1. The Balaban J connectivity index is 1.49. The SMILES string of the molecule is C#CCCC1(CCC(=O)N2CCCC(n3cc(C(=O)O)nn3)CC2)N=N1. The van der Waals surface area contributed by atoms with E-state index in [0.717, 1.165) is 19.3 Å². The van der Waals surface area contributed by atoms with Crippen molar-refractivity contribution >= 4 is 11.9 Å². The molecular weight excluding hydrogens is 336 g/mol. The lowest BCUT2D eigenvalue weighted by Crippen LogP contribution is -2.32. The lowest BCUT2D eigenvalue weighted by Gasteiger charge is -2.21. The summed E-state index contributed by atoms with van der Waals surface area (Å²) in [5.74, 6) is 1.60. The first kappa shape index (κ1) is 18.0. The number of rotatable bonds is 7. The molecule has 1 N–H and O–H groups in total. The van der Waals surface area contributed by atoms with Gasteiger partial charge in [0.2, 0.25) is 5.91 Å². The van der Waals surface area contributed by atoms with Crippen LogP contribution >= 0.6 is 0 Å². The van der Waals surface area contributed by atoms with E-state index < -0.39 is 11.6 Å². The number of nitrogens with zero attached hydrogens (tertiary/aromatic N) is 6. The van der Waals surface area contributed by atoms with Crippen molar-refractivity contribution in [2.24, 2.45) is 10.2 Å². The van der Waals surface area contributed by atoms with Gasteiger partial charge in [0.25, 0.3) is 0 Å². The van der Waals surface area contributed by atoms with E-state index in [4.69, 9.17) is 11.5 Å². The highest BCUT2D eigenvalue weighted by Crippen LogP contribution is 2.37. The fourth-order valence-electron chi connectivity index (χ4n) is 3.28. The molecule has 1 unspecified atom stereocenters. The van der Waals surface area contributed by atoms with Crippen LogP contribution in [0.2, 0.25) is 0 Å². The number of aromatic nitrogens is 3. The first-order valence-corrected chi connectivity index (χ1v) is 8.83. The number of carboxylic acid groups (broad SMARTS) is 1. The maximum Gasteiger partial charge on any atom is 0.358 e. The second kappa shape index (κ2) is 7.64. The Morgan fingerprint density at radius 2 is 2.12 bits per heavy atom. The molecule has 138 valence electrons. The summed E-state index contributed by atoms with van der Waals surface area (Å²) in [6.07, 6.45) is 11.5. The zero-order valence-electron chi connectivity index (χ0n) is 14.5. The van der Waals surface area contributed by atoms with Gasteiger partial charge < -0.3 is 10.0 Å². The lowest BCUT2D eigenvalue weighted by atomic mass is 10.0. The summed E-state index contributed by atoms with van der Waals surface area (Å²) < 4.78 is 1.61. The minimum absolute atomic E-state index is 0.0589. The molecule has 3 rings (SSSR count). The average molecular weight is 358 g/mol. The Labute approximate surface area is 151 Å². The molecule has 1 aromatic rings. The van der Waals surface area contributed by atoms with Crippen LogP contribution in [0.5, 0.6) is 0 Å². The molecule has 0 aromatic carbocycles. The van der Waals surface area contributed by atoms with Crippen molar-refractivity contribution in [3.8, 4) is 12.3 Å². The van der Waals surface area contributed by atoms with Gasteiger partial charge >= 0.3 is 5.97 Å². The maximum absolute atomic E-state index is 12.5. The first-order valence-electron chi connectivity index (χ1n) is 8.83. The summed E-state index contributed by atoms with van der Waals surface area (Å²) in [7, 11) is 0. The van der Waals surface area contributed by atoms with Crippen LogP contribution < -0.4 is 0 Å². The highest BCUT2D eigenvalue weighted by molar-refractivity contribution is 5.84. The predicted molar refractivity (Wildman–Crippen MR) is 91.3 cm³/mol. The lowest BCUT2D eigenvalue weighted by molar-refractivity contribution is -0.131. The van der Waals surface area contributed by atoms with E-state index >= 15 is 0 Å². The number of carbonyl (C=O) groups excluding carboxylic acids is 1. The molecule has 1 atom stereocenters. The number of aromatic carboxylic acids is 1. The van der Waals surface area contributed by atoms with E-state index in [-0.39, 0.29) is 17.6 Å². The third-order valence-corrected chi connectivity index (χ3v) is 4.95. The van der Waals surface area contributed by atoms with Crippen LogP contribution in [-0.2, 0) is 4.79 Å². The number of hydrogen-bond donors (Lipinski definition) is 1. The molecule has 3 heterocycles. The Bertz CT molecular complexity index is 744. The molecule has 0 bridgehead atoms. The minimum Gasteiger partial charge on any atom is -0.476 e. The van der Waals surface area contributed by atoms with E-state index in [1.165, 1.54) is 6.20 Å². The Morgan fingerprint density at radius 1 is 1.31 bits per heavy atom. The van der Waals surface area contributed by atoms with Crippen LogP contribution in [-0.4, -0.2) is 55.6 Å². The van der Waals surface area contributed by atoms with Crippen molar-refractivity contribution < 1.29 is 14.7 Å². The molecular formula is C17H22N6O3. The predicted octanol–water partition coefficient (Wildman–Crippen LogP) is 1.89. The second-order valence-corrected chi connectivity index (χ2v) is 6.74. The molecule has 1 amide bonds. The van der Waals surface area contributed by atoms with Crippen molar-refractivity contribution in [3.05, 3.63) is 11.9 Å². The van der Waals surface area contributed by atoms with E-state index in [0.29, 0.717) is 38.8 Å². The molecule has 1 aromatic heterocycles. The van der Waals surface area contributed by atoms with Gasteiger partial charge in [-0.1, -0.05) is 5.21 Å². The van der Waals surface area contributed by atoms with E-state index in [1.54, 1.807) is 4.68 Å². The van der Waals surface area contributed by atoms with Crippen LogP contribution in [0.25, 0.3) is 0 Å². The Hall–Kier alpha value is -2.76. The minimum atomic E-state index is -1.09. The summed E-state index contributed by atoms with van der Waals surface area (Å²) in [5.41, 5.74) is -0.485. The highest BCUT2D eigenvalue weighted by atomic mass is 16.4. The van der Waals surface area contributed by atoms with Gasteiger partial charge in [0, 0.05) is 38.8 Å². The maximum atomic E-state index is 12.5. The van der Waals surface area contributed by atoms with Crippen LogP contribution in [0.3, 0.4) is 0 Å². The van der Waals surface area contributed by atoms with Crippen LogP contribution in [0.15, 0.2) is 16.4 Å². The van der Waals surface area contributed by atoms with Crippen LogP contribution in [0, 0.1) is 12.3 Å². The molecule has 1 saturated heterocycles. The molecule has 0 radical (unpaired) electrons. The molecule has 2 aliphatic rings. The van der Waals surface area contributed by atoms with E-state index in [2.05, 4.69) is 26.5 Å². The number of likely N-dealkylation sites (tertiary alicyclic amines) is 1. The van der Waals surface area contributed by atoms with Crippen LogP contribution in [0.4, 0.5) is 0 Å². The normalized spacial score (nSPS) is 21.0. The zero-order valence-corrected chi connectivity index (χ0v) is 14.5. The van der Waals surface area contributed by atoms with E-state index in [9.17, 15) is 9.59 Å². The molecule has 2 aliphatic heterocycles. The van der Waals surface area contributed by atoms with E-state index in [1.807, 2.05) is 4.90 Å². The number of hydrogen-bond acceptors (Lipinski definition) is 6. The Kier molecular flexibility index (Phi) is 5.30. The molecule has 0 spiro atoms. The summed E-state index contributed by atoms with van der Waals surface area (Å²) in [5, 5.41) is 24.7. The topological polar surface area (TPSA) is 113 Å². The summed E-state index contributed by atoms with van der Waals surface area (Å²) >= 11 is 0. The van der Waals surface area contributed by atoms with Crippen molar-refractivity contribution in [1.29, 1.82) is 0 Å². The fraction of sp³-hybridized carbons (Fsp3) is 0.647. The number of carbonyl (C=O) groups is 2. The summed E-state index contributed by atoms with van der Waals surface area (Å²) in [4.78, 5) is 25.3. The van der Waals surface area contributed by atoms with Gasteiger partial charge in [0.15, 0.2) is 11.4 Å². The monoisotopic (exact) mass is 358 g/mol. The molecule has 9 nitrogen and oxygen atoms in total. The van der Waals surface area contributed by atoms with Gasteiger partial charge in [0.1, 0.15) is 0 Å². The quantitative estimate of drug-likeness (QED) is 0.748. The summed E-state index contributed by atoms with van der Waals surface area (Å²) in [6, 6.07) is 0.0591. The molecule has 9 heteroatoms. The smallest absolute Gasteiger partial charge is 0.358 e. The Morgan fingerprint density at radius 3 is 2.77 bits per heavy atom. The second-order valence-electron chi connectivity index (χ2n) is 6.74. The number of carboxylic acids is 1. The van der Waals surface area contributed by atoms with Gasteiger partial charge in [-0.05, 0) is 19.3 Å². The van der Waals surface area contributed by atoms with Gasteiger partial charge in [0.05, 0.1) is 12.2 Å².